The molecule has 1 aliphatic carbocycles. The predicted molar refractivity (Wildman–Crippen MR) is 125 cm³/mol. The Labute approximate surface area is 198 Å². The number of rotatable bonds is 9. The number of ether oxygens (including phenoxy) is 2. The highest BCUT2D eigenvalue weighted by atomic mass is 16.5. The highest BCUT2D eigenvalue weighted by Crippen LogP contribution is 2.44. The van der Waals surface area contributed by atoms with Crippen molar-refractivity contribution in [1.82, 2.24) is 10.2 Å². The Morgan fingerprint density at radius 1 is 1.12 bits per heavy atom. The number of carbonyl (C=O) groups excluding carboxylic acids is 2. The van der Waals surface area contributed by atoms with Crippen molar-refractivity contribution in [2.75, 3.05) is 26.8 Å². The minimum Gasteiger partial charge on any atom is -0.481 e. The molecule has 0 bridgehead atoms. The third kappa shape index (κ3) is 5.39. The van der Waals surface area contributed by atoms with Crippen LogP contribution in [0.25, 0.3) is 11.1 Å². The smallest absolute Gasteiger partial charge is 0.407 e. The summed E-state index contributed by atoms with van der Waals surface area (Å²) >= 11 is 0. The van der Waals surface area contributed by atoms with Crippen LogP contribution in [-0.4, -0.2) is 66.9 Å². The lowest BCUT2D eigenvalue weighted by Crippen LogP contribution is -2.49. The predicted octanol–water partition coefficient (Wildman–Crippen LogP) is 3.40. The van der Waals surface area contributed by atoms with Gasteiger partial charge in [0.2, 0.25) is 5.91 Å². The van der Waals surface area contributed by atoms with Crippen LogP contribution in [0.4, 0.5) is 4.79 Å². The second kappa shape index (κ2) is 10.7. The summed E-state index contributed by atoms with van der Waals surface area (Å²) < 4.78 is 11.1. The molecule has 1 saturated heterocycles. The number of alkyl carbamates (subject to hydrolysis) is 1. The van der Waals surface area contributed by atoms with Crippen molar-refractivity contribution in [2.45, 2.75) is 43.7 Å². The molecule has 180 valence electrons. The molecule has 0 radical (unpaired) electrons. The zero-order chi connectivity index (χ0) is 24.1. The van der Waals surface area contributed by atoms with E-state index in [4.69, 9.17) is 14.6 Å². The first-order chi connectivity index (χ1) is 16.4. The van der Waals surface area contributed by atoms with Crippen molar-refractivity contribution in [2.24, 2.45) is 0 Å². The molecule has 0 aromatic heterocycles. The number of carboxylic acids is 1. The molecular weight excluding hydrogens is 436 g/mol. The first-order valence-electron chi connectivity index (χ1n) is 11.6. The van der Waals surface area contributed by atoms with Gasteiger partial charge in [-0.2, -0.15) is 0 Å². The van der Waals surface area contributed by atoms with Gasteiger partial charge in [0.05, 0.1) is 6.10 Å². The maximum atomic E-state index is 13.0. The van der Waals surface area contributed by atoms with E-state index < -0.39 is 18.1 Å². The normalized spacial score (nSPS) is 17.5. The topological polar surface area (TPSA) is 105 Å². The van der Waals surface area contributed by atoms with Crippen LogP contribution in [0.5, 0.6) is 0 Å². The number of fused-ring (bicyclic) bond motifs is 3. The molecule has 2 aromatic carbocycles. The maximum absolute atomic E-state index is 13.0. The average Bonchev–Trinajstić information content (AvgIpc) is 3.46. The summed E-state index contributed by atoms with van der Waals surface area (Å²) in [7, 11) is 1.64. The summed E-state index contributed by atoms with van der Waals surface area (Å²) in [4.78, 5) is 38.2. The maximum Gasteiger partial charge on any atom is 0.407 e. The number of amides is 2. The molecule has 1 fully saturated rings. The van der Waals surface area contributed by atoms with Crippen molar-refractivity contribution in [3.05, 3.63) is 59.7 Å². The number of carbonyl (C=O) groups is 3. The van der Waals surface area contributed by atoms with Gasteiger partial charge in [0.1, 0.15) is 12.6 Å². The summed E-state index contributed by atoms with van der Waals surface area (Å²) in [6.45, 7) is 1.19. The Hall–Kier alpha value is -3.39. The number of hydrogen-bond acceptors (Lipinski definition) is 5. The summed E-state index contributed by atoms with van der Waals surface area (Å²) in [5, 5.41) is 11.7. The third-order valence-electron chi connectivity index (χ3n) is 6.46. The van der Waals surface area contributed by atoms with E-state index in [1.165, 1.54) is 4.90 Å². The molecule has 2 amide bonds. The molecule has 8 heteroatoms. The fraction of sp³-hybridized carbons (Fsp3) is 0.423. The van der Waals surface area contributed by atoms with E-state index in [2.05, 4.69) is 17.4 Å². The van der Waals surface area contributed by atoms with Crippen LogP contribution in [0.2, 0.25) is 0 Å². The molecule has 1 aliphatic heterocycles. The molecule has 8 nitrogen and oxygen atoms in total. The van der Waals surface area contributed by atoms with Crippen LogP contribution in [0, 0.1) is 0 Å². The first-order valence-corrected chi connectivity index (χ1v) is 11.6. The second-order valence-corrected chi connectivity index (χ2v) is 8.81. The Morgan fingerprint density at radius 2 is 1.76 bits per heavy atom. The van der Waals surface area contributed by atoms with Crippen molar-refractivity contribution in [3.8, 4) is 11.1 Å². The molecule has 2 aliphatic rings. The second-order valence-electron chi connectivity index (χ2n) is 8.81. The van der Waals surface area contributed by atoms with Crippen molar-refractivity contribution < 1.29 is 29.0 Å². The van der Waals surface area contributed by atoms with Crippen LogP contribution in [0.1, 0.15) is 42.7 Å². The third-order valence-corrected chi connectivity index (χ3v) is 6.46. The Morgan fingerprint density at radius 3 is 2.35 bits per heavy atom. The summed E-state index contributed by atoms with van der Waals surface area (Å²) in [6.07, 6.45) is 0.784. The Balaban J connectivity index is 1.39. The van der Waals surface area contributed by atoms with Crippen LogP contribution in [0.15, 0.2) is 48.5 Å². The van der Waals surface area contributed by atoms with Crippen LogP contribution >= 0.6 is 0 Å². The lowest BCUT2D eigenvalue weighted by molar-refractivity contribution is -0.138. The number of hydrogen-bond donors (Lipinski definition) is 2. The van der Waals surface area contributed by atoms with Crippen LogP contribution in [-0.2, 0) is 19.1 Å². The molecule has 2 atom stereocenters. The number of nitrogens with one attached hydrogen (secondary N) is 1. The van der Waals surface area contributed by atoms with Crippen molar-refractivity contribution >= 4 is 18.0 Å². The highest BCUT2D eigenvalue weighted by Gasteiger charge is 2.31. The van der Waals surface area contributed by atoms with E-state index in [-0.39, 0.29) is 37.4 Å². The molecule has 0 spiro atoms. The van der Waals surface area contributed by atoms with Gasteiger partial charge < -0.3 is 24.8 Å². The monoisotopic (exact) mass is 466 g/mol. The van der Waals surface area contributed by atoms with Gasteiger partial charge in [0, 0.05) is 32.5 Å². The van der Waals surface area contributed by atoms with Crippen LogP contribution in [0.3, 0.4) is 0 Å². The fourth-order valence-electron chi connectivity index (χ4n) is 4.76. The number of nitrogens with zero attached hydrogens (tertiary/aromatic N) is 1. The van der Waals surface area contributed by atoms with Gasteiger partial charge in [-0.25, -0.2) is 4.79 Å². The summed E-state index contributed by atoms with van der Waals surface area (Å²) in [5.74, 6) is -1.49. The lowest BCUT2D eigenvalue weighted by Gasteiger charge is -2.26. The Bertz CT molecular complexity index is 1000. The van der Waals surface area contributed by atoms with E-state index in [0.29, 0.717) is 13.2 Å². The SMILES string of the molecule is CN(CC1CCCO1)C(=O)C(CCC(=O)O)NC(=O)OCC1c2ccccc2-c2ccccc21. The lowest BCUT2D eigenvalue weighted by atomic mass is 9.98. The van der Waals surface area contributed by atoms with Gasteiger partial charge in [-0.3, -0.25) is 9.59 Å². The molecule has 2 N–H and O–H groups in total. The minimum absolute atomic E-state index is 0.0196. The molecule has 4 rings (SSSR count). The number of likely N-dealkylation sites (N-methyl/N-ethyl adjacent to an activating group) is 1. The fourth-order valence-corrected chi connectivity index (χ4v) is 4.76. The van der Waals surface area contributed by atoms with Gasteiger partial charge in [-0.15, -0.1) is 0 Å². The van der Waals surface area contributed by atoms with Gasteiger partial charge in [0.25, 0.3) is 0 Å². The van der Waals surface area contributed by atoms with Gasteiger partial charge in [0.15, 0.2) is 0 Å². The molecular formula is C26H30N2O6. The zero-order valence-corrected chi connectivity index (χ0v) is 19.2. The van der Waals surface area contributed by atoms with Gasteiger partial charge in [-0.05, 0) is 41.5 Å². The van der Waals surface area contributed by atoms with E-state index in [1.807, 2.05) is 36.4 Å². The van der Waals surface area contributed by atoms with Crippen molar-refractivity contribution in [1.29, 1.82) is 0 Å². The standard InChI is InChI=1S/C26H30N2O6/c1-28(15-17-7-6-14-33-17)25(31)23(12-13-24(29)30)27-26(32)34-16-22-20-10-4-2-8-18(20)19-9-3-5-11-21(19)22/h2-5,8-11,17,22-23H,6-7,12-16H2,1H3,(H,27,32)(H,29,30). The first kappa shape index (κ1) is 23.8. The molecule has 2 aromatic rings. The Kier molecular flexibility index (Phi) is 7.47. The average molecular weight is 467 g/mol. The van der Waals surface area contributed by atoms with E-state index in [1.54, 1.807) is 7.05 Å². The summed E-state index contributed by atoms with van der Waals surface area (Å²) in [6, 6.07) is 15.1. The molecule has 34 heavy (non-hydrogen) atoms. The zero-order valence-electron chi connectivity index (χ0n) is 19.2. The largest absolute Gasteiger partial charge is 0.481 e. The number of carboxylic acid groups (broad SMARTS) is 1. The molecule has 2 unspecified atom stereocenters. The quantitative estimate of drug-likeness (QED) is 0.587. The van der Waals surface area contributed by atoms with Gasteiger partial charge in [-0.1, -0.05) is 48.5 Å². The van der Waals surface area contributed by atoms with E-state index in [9.17, 15) is 14.4 Å². The van der Waals surface area contributed by atoms with Gasteiger partial charge >= 0.3 is 12.1 Å². The number of aliphatic carboxylic acids is 1. The van der Waals surface area contributed by atoms with E-state index >= 15 is 0 Å². The highest BCUT2D eigenvalue weighted by molar-refractivity contribution is 5.86. The summed E-state index contributed by atoms with van der Waals surface area (Å²) in [5.41, 5.74) is 4.42. The van der Waals surface area contributed by atoms with Crippen molar-refractivity contribution in [3.63, 3.8) is 0 Å². The molecule has 1 heterocycles. The van der Waals surface area contributed by atoms with Crippen LogP contribution < -0.4 is 5.32 Å². The van der Waals surface area contributed by atoms with E-state index in [0.717, 1.165) is 35.1 Å². The minimum atomic E-state index is -1.03. The molecule has 0 saturated carbocycles. The number of benzene rings is 2.